The Morgan fingerprint density at radius 3 is 2.62 bits per heavy atom. The molecule has 1 aromatic rings. The summed E-state index contributed by atoms with van der Waals surface area (Å²) in [6.45, 7) is 0. The number of rotatable bonds is 2. The molecular formula is C12H16BrFN2. The minimum Gasteiger partial charge on any atom is -0.397 e. The molecule has 1 aliphatic carbocycles. The minimum absolute atomic E-state index is 0.271. The Morgan fingerprint density at radius 2 is 1.94 bits per heavy atom. The highest BCUT2D eigenvalue weighted by Crippen LogP contribution is 2.29. The molecule has 1 saturated carbocycles. The minimum atomic E-state index is -0.271. The molecule has 0 unspecified atom stereocenters. The lowest BCUT2D eigenvalue weighted by atomic mass is 9.95. The van der Waals surface area contributed by atoms with Crippen LogP contribution in [0.15, 0.2) is 16.6 Å². The Kier molecular flexibility index (Phi) is 3.69. The van der Waals surface area contributed by atoms with Gasteiger partial charge in [0, 0.05) is 12.1 Å². The number of hydrogen-bond donors (Lipinski definition) is 2. The maximum absolute atomic E-state index is 13.4. The first-order chi connectivity index (χ1) is 7.66. The van der Waals surface area contributed by atoms with Gasteiger partial charge in [0.15, 0.2) is 0 Å². The van der Waals surface area contributed by atoms with Gasteiger partial charge in [0.1, 0.15) is 5.82 Å². The van der Waals surface area contributed by atoms with E-state index < -0.39 is 0 Å². The fraction of sp³-hybridized carbons (Fsp3) is 0.500. The molecule has 0 saturated heterocycles. The molecule has 0 radical (unpaired) electrons. The van der Waals surface area contributed by atoms with Gasteiger partial charge in [-0.3, -0.25) is 0 Å². The summed E-state index contributed by atoms with van der Waals surface area (Å²) in [7, 11) is 0. The van der Waals surface area contributed by atoms with Crippen LogP contribution in [0.3, 0.4) is 0 Å². The highest BCUT2D eigenvalue weighted by Gasteiger charge is 2.15. The van der Waals surface area contributed by atoms with Gasteiger partial charge in [0.2, 0.25) is 0 Å². The molecule has 16 heavy (non-hydrogen) atoms. The SMILES string of the molecule is Nc1cc(Br)c(F)cc1NC1CCCCC1. The monoisotopic (exact) mass is 286 g/mol. The van der Waals surface area contributed by atoms with Crippen molar-refractivity contribution in [1.82, 2.24) is 0 Å². The Labute approximate surface area is 104 Å². The van der Waals surface area contributed by atoms with E-state index in [0.29, 0.717) is 21.9 Å². The molecule has 1 aromatic carbocycles. The molecule has 0 aliphatic heterocycles. The molecule has 1 aliphatic rings. The van der Waals surface area contributed by atoms with Crippen molar-refractivity contribution < 1.29 is 4.39 Å². The molecule has 88 valence electrons. The van der Waals surface area contributed by atoms with Crippen LogP contribution in [-0.2, 0) is 0 Å². The average Bonchev–Trinajstić information content (AvgIpc) is 2.27. The van der Waals surface area contributed by atoms with Crippen molar-refractivity contribution in [2.24, 2.45) is 0 Å². The van der Waals surface area contributed by atoms with Gasteiger partial charge < -0.3 is 11.1 Å². The standard InChI is InChI=1S/C12H16BrFN2/c13-9-6-11(15)12(7-10(9)14)16-8-4-2-1-3-5-8/h6-8,16H,1-5,15H2. The lowest BCUT2D eigenvalue weighted by Crippen LogP contribution is -2.22. The predicted octanol–water partition coefficient (Wildman–Crippen LogP) is 3.92. The van der Waals surface area contributed by atoms with Gasteiger partial charge in [-0.1, -0.05) is 19.3 Å². The van der Waals surface area contributed by atoms with Crippen molar-refractivity contribution >= 4 is 27.3 Å². The van der Waals surface area contributed by atoms with Gasteiger partial charge in [-0.05, 0) is 34.8 Å². The summed E-state index contributed by atoms with van der Waals surface area (Å²) in [4.78, 5) is 0. The number of benzene rings is 1. The Morgan fingerprint density at radius 1 is 1.25 bits per heavy atom. The molecule has 2 nitrogen and oxygen atoms in total. The summed E-state index contributed by atoms with van der Waals surface area (Å²) in [5.41, 5.74) is 7.16. The van der Waals surface area contributed by atoms with E-state index in [1.807, 2.05) is 0 Å². The van der Waals surface area contributed by atoms with Crippen molar-refractivity contribution in [2.75, 3.05) is 11.1 Å². The maximum atomic E-state index is 13.4. The molecule has 0 bridgehead atoms. The van der Waals surface area contributed by atoms with Crippen LogP contribution >= 0.6 is 15.9 Å². The number of nitrogens with two attached hydrogens (primary N) is 1. The second-order valence-electron chi connectivity index (χ2n) is 4.33. The first-order valence-electron chi connectivity index (χ1n) is 5.68. The normalized spacial score (nSPS) is 17.4. The fourth-order valence-corrected chi connectivity index (χ4v) is 2.52. The van der Waals surface area contributed by atoms with Crippen LogP contribution in [0.25, 0.3) is 0 Å². The lowest BCUT2D eigenvalue weighted by molar-refractivity contribution is 0.462. The van der Waals surface area contributed by atoms with E-state index in [1.165, 1.54) is 25.3 Å². The molecule has 3 N–H and O–H groups in total. The fourth-order valence-electron chi connectivity index (χ4n) is 2.15. The molecule has 0 spiro atoms. The third-order valence-corrected chi connectivity index (χ3v) is 3.66. The number of nitrogens with one attached hydrogen (secondary N) is 1. The zero-order valence-corrected chi connectivity index (χ0v) is 10.7. The van der Waals surface area contributed by atoms with E-state index in [-0.39, 0.29) is 5.82 Å². The molecule has 0 aromatic heterocycles. The lowest BCUT2D eigenvalue weighted by Gasteiger charge is -2.24. The molecular weight excluding hydrogens is 271 g/mol. The van der Waals surface area contributed by atoms with E-state index in [4.69, 9.17) is 5.73 Å². The van der Waals surface area contributed by atoms with Crippen LogP contribution in [0.1, 0.15) is 32.1 Å². The first kappa shape index (κ1) is 11.7. The van der Waals surface area contributed by atoms with Gasteiger partial charge in [-0.15, -0.1) is 0 Å². The van der Waals surface area contributed by atoms with Crippen LogP contribution in [0.4, 0.5) is 15.8 Å². The summed E-state index contributed by atoms with van der Waals surface area (Å²) >= 11 is 3.12. The topological polar surface area (TPSA) is 38.0 Å². The second-order valence-corrected chi connectivity index (χ2v) is 5.19. The molecule has 0 amide bonds. The molecule has 1 fully saturated rings. The second kappa shape index (κ2) is 5.04. The largest absolute Gasteiger partial charge is 0.397 e. The highest BCUT2D eigenvalue weighted by molar-refractivity contribution is 9.10. The number of hydrogen-bond acceptors (Lipinski definition) is 2. The van der Waals surface area contributed by atoms with Gasteiger partial charge in [0.25, 0.3) is 0 Å². The van der Waals surface area contributed by atoms with Gasteiger partial charge in [-0.2, -0.15) is 0 Å². The van der Waals surface area contributed by atoms with E-state index in [0.717, 1.165) is 12.8 Å². The Balaban J connectivity index is 2.11. The van der Waals surface area contributed by atoms with Gasteiger partial charge >= 0.3 is 0 Å². The molecule has 0 heterocycles. The third kappa shape index (κ3) is 2.67. The van der Waals surface area contributed by atoms with E-state index in [2.05, 4.69) is 21.2 Å². The summed E-state index contributed by atoms with van der Waals surface area (Å²) in [6.07, 6.45) is 6.10. The van der Waals surface area contributed by atoms with Crippen LogP contribution in [0, 0.1) is 5.82 Å². The first-order valence-corrected chi connectivity index (χ1v) is 6.47. The molecule has 0 atom stereocenters. The van der Waals surface area contributed by atoms with E-state index >= 15 is 0 Å². The maximum Gasteiger partial charge on any atom is 0.139 e. The van der Waals surface area contributed by atoms with E-state index in [1.54, 1.807) is 6.07 Å². The van der Waals surface area contributed by atoms with Crippen LogP contribution < -0.4 is 11.1 Å². The van der Waals surface area contributed by atoms with Crippen molar-refractivity contribution in [2.45, 2.75) is 38.1 Å². The zero-order chi connectivity index (χ0) is 11.5. The molecule has 2 rings (SSSR count). The summed E-state index contributed by atoms with van der Waals surface area (Å²) in [5.74, 6) is -0.271. The molecule has 4 heteroatoms. The van der Waals surface area contributed by atoms with Crippen molar-refractivity contribution in [1.29, 1.82) is 0 Å². The van der Waals surface area contributed by atoms with E-state index in [9.17, 15) is 4.39 Å². The van der Waals surface area contributed by atoms with Crippen LogP contribution in [0.5, 0.6) is 0 Å². The van der Waals surface area contributed by atoms with Crippen LogP contribution in [-0.4, -0.2) is 6.04 Å². The average molecular weight is 287 g/mol. The number of halogens is 2. The Bertz CT molecular complexity index is 376. The zero-order valence-electron chi connectivity index (χ0n) is 9.10. The highest BCUT2D eigenvalue weighted by atomic mass is 79.9. The summed E-state index contributed by atoms with van der Waals surface area (Å²) < 4.78 is 13.8. The van der Waals surface area contributed by atoms with Gasteiger partial charge in [-0.25, -0.2) is 4.39 Å². The predicted molar refractivity (Wildman–Crippen MR) is 69.0 cm³/mol. The Hall–Kier alpha value is -0.770. The smallest absolute Gasteiger partial charge is 0.139 e. The third-order valence-electron chi connectivity index (χ3n) is 3.06. The summed E-state index contributed by atoms with van der Waals surface area (Å²) in [6, 6.07) is 3.52. The summed E-state index contributed by atoms with van der Waals surface area (Å²) in [5, 5.41) is 3.33. The van der Waals surface area contributed by atoms with Gasteiger partial charge in [0.05, 0.1) is 15.8 Å². The quantitative estimate of drug-likeness (QED) is 0.809. The number of nitrogen functional groups attached to an aromatic ring is 1. The van der Waals surface area contributed by atoms with Crippen molar-refractivity contribution in [3.63, 3.8) is 0 Å². The number of anilines is 2. The van der Waals surface area contributed by atoms with Crippen molar-refractivity contribution in [3.05, 3.63) is 22.4 Å². The van der Waals surface area contributed by atoms with Crippen LogP contribution in [0.2, 0.25) is 0 Å². The van der Waals surface area contributed by atoms with Crippen molar-refractivity contribution in [3.8, 4) is 0 Å².